The Hall–Kier alpha value is -2.78. The van der Waals surface area contributed by atoms with Crippen LogP contribution in [0.15, 0.2) is 48.8 Å². The average molecular weight is 443 g/mol. The number of halogens is 4. The molecule has 30 heavy (non-hydrogen) atoms. The molecule has 1 aromatic heterocycles. The Morgan fingerprint density at radius 2 is 2.13 bits per heavy atom. The van der Waals surface area contributed by atoms with Gasteiger partial charge in [0.2, 0.25) is 5.91 Å². The van der Waals surface area contributed by atoms with Gasteiger partial charge in [0.25, 0.3) is 0 Å². The Morgan fingerprint density at radius 1 is 1.30 bits per heavy atom. The van der Waals surface area contributed by atoms with E-state index in [0.29, 0.717) is 36.0 Å². The van der Waals surface area contributed by atoms with Crippen LogP contribution in [0.2, 0.25) is 5.02 Å². The predicted octanol–water partition coefficient (Wildman–Crippen LogP) is 3.95. The number of ether oxygens (including phenoxy) is 3. The first-order valence-electron chi connectivity index (χ1n) is 8.96. The van der Waals surface area contributed by atoms with Gasteiger partial charge in [0.1, 0.15) is 24.2 Å². The zero-order valence-electron chi connectivity index (χ0n) is 15.6. The third-order valence-corrected chi connectivity index (χ3v) is 4.28. The molecule has 10 heteroatoms. The fourth-order valence-electron chi connectivity index (χ4n) is 2.77. The Labute approximate surface area is 175 Å². The molecule has 1 aliphatic heterocycles. The van der Waals surface area contributed by atoms with E-state index >= 15 is 0 Å². The van der Waals surface area contributed by atoms with Crippen LogP contribution in [-0.4, -0.2) is 54.6 Å². The molecule has 1 amide bonds. The van der Waals surface area contributed by atoms with Crippen molar-refractivity contribution in [2.75, 3.05) is 26.3 Å². The Bertz CT molecular complexity index is 908. The van der Waals surface area contributed by atoms with Crippen molar-refractivity contribution < 1.29 is 32.2 Å². The van der Waals surface area contributed by atoms with E-state index in [4.69, 9.17) is 21.1 Å². The van der Waals surface area contributed by atoms with Crippen LogP contribution >= 0.6 is 11.6 Å². The number of pyridine rings is 1. The van der Waals surface area contributed by atoms with Crippen LogP contribution in [0.4, 0.5) is 13.2 Å². The first kappa shape index (κ1) is 21.9. The largest absolute Gasteiger partial charge is 0.573 e. The summed E-state index contributed by atoms with van der Waals surface area (Å²) in [4.78, 5) is 18.0. The van der Waals surface area contributed by atoms with Crippen LogP contribution in [0.3, 0.4) is 0 Å². The summed E-state index contributed by atoms with van der Waals surface area (Å²) in [5, 5.41) is 0.448. The van der Waals surface area contributed by atoms with Crippen LogP contribution in [0.25, 0.3) is 6.08 Å². The maximum atomic E-state index is 12.5. The maximum absolute atomic E-state index is 12.5. The molecule has 0 spiro atoms. The van der Waals surface area contributed by atoms with Crippen molar-refractivity contribution in [3.8, 4) is 11.5 Å². The summed E-state index contributed by atoms with van der Waals surface area (Å²) in [6.45, 7) is 1.27. The number of alkyl halides is 3. The van der Waals surface area contributed by atoms with Crippen LogP contribution in [-0.2, 0) is 9.53 Å². The number of hydrogen-bond donors (Lipinski definition) is 0. The van der Waals surface area contributed by atoms with Gasteiger partial charge in [-0.05, 0) is 23.8 Å². The second-order valence-corrected chi connectivity index (χ2v) is 6.82. The number of aromatic nitrogens is 1. The number of carbonyl (C=O) groups excluding carboxylic acids is 1. The molecule has 2 heterocycles. The number of rotatable bonds is 6. The van der Waals surface area contributed by atoms with Crippen LogP contribution < -0.4 is 9.47 Å². The molecule has 3 rings (SSSR count). The van der Waals surface area contributed by atoms with E-state index in [2.05, 4.69) is 9.72 Å². The molecule has 1 aromatic carbocycles. The molecular weight excluding hydrogens is 425 g/mol. The van der Waals surface area contributed by atoms with Gasteiger partial charge in [-0.15, -0.1) is 13.2 Å². The van der Waals surface area contributed by atoms with E-state index in [0.717, 1.165) is 0 Å². The molecule has 1 saturated heterocycles. The highest BCUT2D eigenvalue weighted by Crippen LogP contribution is 2.24. The van der Waals surface area contributed by atoms with Gasteiger partial charge in [-0.2, -0.15) is 0 Å². The van der Waals surface area contributed by atoms with Gasteiger partial charge in [0.05, 0.1) is 24.4 Å². The maximum Gasteiger partial charge on any atom is 0.573 e. The number of carbonyl (C=O) groups is 1. The second kappa shape index (κ2) is 9.82. The highest BCUT2D eigenvalue weighted by atomic mass is 35.5. The van der Waals surface area contributed by atoms with Crippen molar-refractivity contribution in [3.63, 3.8) is 0 Å². The highest BCUT2D eigenvalue weighted by molar-refractivity contribution is 6.30. The minimum Gasteiger partial charge on any atom is -0.489 e. The molecule has 1 atom stereocenters. The fraction of sp³-hybridized carbons (Fsp3) is 0.300. The molecule has 0 N–H and O–H groups in total. The molecular formula is C20H18ClF3N2O4. The van der Waals surface area contributed by atoms with Crippen molar-refractivity contribution in [2.24, 2.45) is 0 Å². The summed E-state index contributed by atoms with van der Waals surface area (Å²) in [5.74, 6) is -0.138. The lowest BCUT2D eigenvalue weighted by atomic mass is 10.2. The molecule has 0 saturated carbocycles. The van der Waals surface area contributed by atoms with Gasteiger partial charge in [-0.25, -0.2) is 0 Å². The fourth-order valence-corrected chi connectivity index (χ4v) is 2.93. The van der Waals surface area contributed by atoms with Gasteiger partial charge in [-0.1, -0.05) is 23.7 Å². The van der Waals surface area contributed by atoms with Crippen LogP contribution in [0.1, 0.15) is 5.56 Å². The van der Waals surface area contributed by atoms with Gasteiger partial charge in [0.15, 0.2) is 0 Å². The summed E-state index contributed by atoms with van der Waals surface area (Å²) in [6, 6.07) is 7.00. The minimum atomic E-state index is -4.77. The van der Waals surface area contributed by atoms with Crippen molar-refractivity contribution in [3.05, 3.63) is 59.4 Å². The van der Waals surface area contributed by atoms with E-state index in [1.165, 1.54) is 42.7 Å². The van der Waals surface area contributed by atoms with Crippen LogP contribution in [0, 0.1) is 0 Å². The molecule has 6 nitrogen and oxygen atoms in total. The SMILES string of the molecule is O=C(C=Cc1cccc(OC(F)(F)F)c1)N1CCOC(COc2cncc(Cl)c2)C1. The third-order valence-electron chi connectivity index (χ3n) is 4.08. The van der Waals surface area contributed by atoms with E-state index in [1.54, 1.807) is 17.0 Å². The molecule has 160 valence electrons. The van der Waals surface area contributed by atoms with Crippen molar-refractivity contribution in [1.82, 2.24) is 9.88 Å². The number of morpholine rings is 1. The lowest BCUT2D eigenvalue weighted by Crippen LogP contribution is -2.47. The monoisotopic (exact) mass is 442 g/mol. The van der Waals surface area contributed by atoms with Crippen LogP contribution in [0.5, 0.6) is 11.5 Å². The van der Waals surface area contributed by atoms with Gasteiger partial charge < -0.3 is 19.1 Å². The highest BCUT2D eigenvalue weighted by Gasteiger charge is 2.31. The Balaban J connectivity index is 1.54. The lowest BCUT2D eigenvalue weighted by molar-refractivity contribution is -0.274. The van der Waals surface area contributed by atoms with Crippen molar-refractivity contribution in [2.45, 2.75) is 12.5 Å². The second-order valence-electron chi connectivity index (χ2n) is 6.38. The topological polar surface area (TPSA) is 60.9 Å². The van der Waals surface area contributed by atoms with Crippen molar-refractivity contribution >= 4 is 23.6 Å². The third kappa shape index (κ3) is 6.93. The number of nitrogens with zero attached hydrogens (tertiary/aromatic N) is 2. The number of benzene rings is 1. The van der Waals surface area contributed by atoms with Gasteiger partial charge >= 0.3 is 6.36 Å². The first-order chi connectivity index (χ1) is 14.3. The lowest BCUT2D eigenvalue weighted by Gasteiger charge is -2.32. The zero-order chi connectivity index (χ0) is 21.6. The van der Waals surface area contributed by atoms with Crippen molar-refractivity contribution in [1.29, 1.82) is 0 Å². The quantitative estimate of drug-likeness (QED) is 0.634. The molecule has 2 aromatic rings. The van der Waals surface area contributed by atoms with E-state index in [1.807, 2.05) is 0 Å². The molecule has 1 aliphatic rings. The number of hydrogen-bond acceptors (Lipinski definition) is 5. The molecule has 1 fully saturated rings. The molecule has 0 radical (unpaired) electrons. The Kier molecular flexibility index (Phi) is 7.17. The zero-order valence-corrected chi connectivity index (χ0v) is 16.4. The van der Waals surface area contributed by atoms with E-state index in [-0.39, 0.29) is 24.4 Å². The molecule has 1 unspecified atom stereocenters. The average Bonchev–Trinajstić information content (AvgIpc) is 2.70. The minimum absolute atomic E-state index is 0.215. The standard InChI is InChI=1S/C20H18ClF3N2O4/c21-15-9-17(11-25-10-15)29-13-18-12-26(6-7-28-18)19(27)5-4-14-2-1-3-16(8-14)30-20(22,23)24/h1-5,8-11,18H,6-7,12-13H2. The first-order valence-corrected chi connectivity index (χ1v) is 9.34. The predicted molar refractivity (Wildman–Crippen MR) is 103 cm³/mol. The molecule has 0 bridgehead atoms. The Morgan fingerprint density at radius 3 is 2.90 bits per heavy atom. The normalized spacial score (nSPS) is 17.2. The van der Waals surface area contributed by atoms with E-state index < -0.39 is 6.36 Å². The molecule has 0 aliphatic carbocycles. The van der Waals surface area contributed by atoms with E-state index in [9.17, 15) is 18.0 Å². The summed E-state index contributed by atoms with van der Waals surface area (Å²) in [5.41, 5.74) is 0.409. The van der Waals surface area contributed by atoms with Gasteiger partial charge in [0, 0.05) is 24.9 Å². The summed E-state index contributed by atoms with van der Waals surface area (Å²) < 4.78 is 52.1. The number of amides is 1. The summed E-state index contributed by atoms with van der Waals surface area (Å²) in [6.07, 6.45) is 0.643. The summed E-state index contributed by atoms with van der Waals surface area (Å²) in [7, 11) is 0. The summed E-state index contributed by atoms with van der Waals surface area (Å²) >= 11 is 5.86. The smallest absolute Gasteiger partial charge is 0.489 e. The van der Waals surface area contributed by atoms with Gasteiger partial charge in [-0.3, -0.25) is 9.78 Å².